The minimum Gasteiger partial charge on any atom is -0.386 e. The minimum atomic E-state index is -0.788. The van der Waals surface area contributed by atoms with Crippen LogP contribution in [0.5, 0.6) is 0 Å². The number of amides is 1. The lowest BCUT2D eigenvalue weighted by Gasteiger charge is -2.12. The third kappa shape index (κ3) is 4.04. The predicted octanol–water partition coefficient (Wildman–Crippen LogP) is 2.51. The summed E-state index contributed by atoms with van der Waals surface area (Å²) >= 11 is 1.33. The summed E-state index contributed by atoms with van der Waals surface area (Å²) in [4.78, 5) is 24.8. The van der Waals surface area contributed by atoms with E-state index >= 15 is 0 Å². The third-order valence-corrected chi connectivity index (χ3v) is 4.46. The summed E-state index contributed by atoms with van der Waals surface area (Å²) in [5, 5.41) is 12.7. The number of nitrogens with one attached hydrogen (secondary N) is 1. The fourth-order valence-corrected chi connectivity index (χ4v) is 2.90. The molecule has 1 atom stereocenters. The molecule has 25 heavy (non-hydrogen) atoms. The molecule has 0 radical (unpaired) electrons. The van der Waals surface area contributed by atoms with Crippen LogP contribution in [0.15, 0.2) is 42.3 Å². The number of aromatic nitrogens is 3. The van der Waals surface area contributed by atoms with Crippen molar-refractivity contribution in [1.29, 1.82) is 0 Å². The van der Waals surface area contributed by atoms with Gasteiger partial charge in [0.2, 0.25) is 0 Å². The highest BCUT2D eigenvalue weighted by molar-refractivity contribution is 7.09. The van der Waals surface area contributed by atoms with Crippen molar-refractivity contribution in [3.8, 4) is 11.4 Å². The Kier molecular flexibility index (Phi) is 5.11. The average molecular weight is 358 g/mol. The van der Waals surface area contributed by atoms with Gasteiger partial charge in [0.05, 0.1) is 22.8 Å². The first-order valence-corrected chi connectivity index (χ1v) is 8.36. The fraction of sp³-hybridized carbons (Fsp3) is 0.176. The number of aliphatic hydroxyl groups is 1. The lowest BCUT2D eigenvalue weighted by molar-refractivity contribution is 0.0917. The van der Waals surface area contributed by atoms with Crippen LogP contribution in [-0.4, -0.2) is 32.5 Å². The Morgan fingerprint density at radius 2 is 2.08 bits per heavy atom. The zero-order valence-electron chi connectivity index (χ0n) is 13.3. The highest BCUT2D eigenvalue weighted by Gasteiger charge is 2.14. The van der Waals surface area contributed by atoms with Crippen LogP contribution in [-0.2, 0) is 0 Å². The smallest absolute Gasteiger partial charge is 0.251 e. The van der Waals surface area contributed by atoms with E-state index in [4.69, 9.17) is 0 Å². The van der Waals surface area contributed by atoms with Crippen LogP contribution in [0.2, 0.25) is 0 Å². The van der Waals surface area contributed by atoms with Crippen molar-refractivity contribution < 1.29 is 14.3 Å². The van der Waals surface area contributed by atoms with Gasteiger partial charge < -0.3 is 10.4 Å². The molecule has 6 nitrogen and oxygen atoms in total. The van der Waals surface area contributed by atoms with Gasteiger partial charge in [-0.15, -0.1) is 11.3 Å². The number of nitrogens with zero attached hydrogens (tertiary/aromatic N) is 3. The van der Waals surface area contributed by atoms with Crippen molar-refractivity contribution >= 4 is 17.2 Å². The van der Waals surface area contributed by atoms with E-state index in [0.717, 1.165) is 18.0 Å². The molecule has 1 amide bonds. The molecule has 3 rings (SSSR count). The van der Waals surface area contributed by atoms with Crippen LogP contribution >= 0.6 is 11.3 Å². The molecule has 3 aromatic rings. The highest BCUT2D eigenvalue weighted by Crippen LogP contribution is 2.20. The lowest BCUT2D eigenvalue weighted by atomic mass is 10.0. The molecule has 1 unspecified atom stereocenters. The molecule has 0 saturated heterocycles. The molecule has 0 fully saturated rings. The molecule has 128 valence electrons. The Labute approximate surface area is 147 Å². The standard InChI is InChI=1S/C17H15FN4O2S/c1-10-4-11(16-20-5-12(18)6-21-16)2-3-13(10)17(24)22-7-14(23)15-8-19-9-25-15/h2-6,8-9,14,23H,7H2,1H3,(H,22,24). The monoisotopic (exact) mass is 358 g/mol. The molecule has 1 aromatic carbocycles. The Morgan fingerprint density at radius 1 is 1.32 bits per heavy atom. The van der Waals surface area contributed by atoms with E-state index in [1.807, 2.05) is 0 Å². The molecular formula is C17H15FN4O2S. The molecule has 0 aliphatic carbocycles. The van der Waals surface area contributed by atoms with Crippen LogP contribution in [0.25, 0.3) is 11.4 Å². The maximum absolute atomic E-state index is 12.9. The van der Waals surface area contributed by atoms with Crippen molar-refractivity contribution in [1.82, 2.24) is 20.3 Å². The quantitative estimate of drug-likeness (QED) is 0.732. The molecule has 2 aromatic heterocycles. The van der Waals surface area contributed by atoms with Crippen LogP contribution in [0, 0.1) is 12.7 Å². The van der Waals surface area contributed by atoms with Gasteiger partial charge in [0, 0.05) is 23.9 Å². The summed E-state index contributed by atoms with van der Waals surface area (Å²) < 4.78 is 12.9. The average Bonchev–Trinajstić information content (AvgIpc) is 3.14. The highest BCUT2D eigenvalue weighted by atomic mass is 32.1. The topological polar surface area (TPSA) is 88.0 Å². The van der Waals surface area contributed by atoms with E-state index in [1.54, 1.807) is 36.8 Å². The van der Waals surface area contributed by atoms with Crippen LogP contribution in [0.4, 0.5) is 4.39 Å². The second-order valence-corrected chi connectivity index (χ2v) is 6.30. The SMILES string of the molecule is Cc1cc(-c2ncc(F)cn2)ccc1C(=O)NCC(O)c1cncs1. The van der Waals surface area contributed by atoms with Gasteiger partial charge in [0.25, 0.3) is 5.91 Å². The van der Waals surface area contributed by atoms with E-state index in [1.165, 1.54) is 11.3 Å². The van der Waals surface area contributed by atoms with Gasteiger partial charge in [-0.3, -0.25) is 9.78 Å². The zero-order valence-corrected chi connectivity index (χ0v) is 14.1. The maximum atomic E-state index is 12.9. The van der Waals surface area contributed by atoms with Gasteiger partial charge in [0.15, 0.2) is 11.6 Å². The van der Waals surface area contributed by atoms with Gasteiger partial charge in [-0.1, -0.05) is 6.07 Å². The van der Waals surface area contributed by atoms with E-state index in [-0.39, 0.29) is 12.5 Å². The predicted molar refractivity (Wildman–Crippen MR) is 91.6 cm³/mol. The second-order valence-electron chi connectivity index (χ2n) is 5.38. The lowest BCUT2D eigenvalue weighted by Crippen LogP contribution is -2.28. The van der Waals surface area contributed by atoms with Crippen LogP contribution in [0.1, 0.15) is 26.9 Å². The Bertz CT molecular complexity index is 869. The second kappa shape index (κ2) is 7.45. The van der Waals surface area contributed by atoms with Crippen molar-refractivity contribution in [3.05, 3.63) is 64.1 Å². The zero-order chi connectivity index (χ0) is 17.8. The molecule has 8 heteroatoms. The molecule has 0 saturated carbocycles. The van der Waals surface area contributed by atoms with Crippen molar-refractivity contribution in [2.45, 2.75) is 13.0 Å². The van der Waals surface area contributed by atoms with Gasteiger partial charge in [0.1, 0.15) is 6.10 Å². The van der Waals surface area contributed by atoms with Crippen LogP contribution in [0.3, 0.4) is 0 Å². The van der Waals surface area contributed by atoms with Gasteiger partial charge in [-0.25, -0.2) is 14.4 Å². The Morgan fingerprint density at radius 3 is 2.72 bits per heavy atom. The third-order valence-electron chi connectivity index (χ3n) is 3.59. The van der Waals surface area contributed by atoms with Gasteiger partial charge in [-0.05, 0) is 24.6 Å². The van der Waals surface area contributed by atoms with E-state index in [9.17, 15) is 14.3 Å². The summed E-state index contributed by atoms with van der Waals surface area (Å²) in [6.45, 7) is 1.89. The van der Waals surface area contributed by atoms with Crippen molar-refractivity contribution in [3.63, 3.8) is 0 Å². The first-order valence-electron chi connectivity index (χ1n) is 7.48. The number of carbonyl (C=O) groups is 1. The van der Waals surface area contributed by atoms with Gasteiger partial charge >= 0.3 is 0 Å². The number of thiazole rings is 1. The molecule has 0 aliphatic heterocycles. The van der Waals surface area contributed by atoms with E-state index in [2.05, 4.69) is 20.3 Å². The molecular weight excluding hydrogens is 343 g/mol. The summed E-state index contributed by atoms with van der Waals surface area (Å²) in [6.07, 6.45) is 2.98. The number of halogens is 1. The Balaban J connectivity index is 1.70. The maximum Gasteiger partial charge on any atom is 0.251 e. The molecule has 0 bridgehead atoms. The number of benzene rings is 1. The van der Waals surface area contributed by atoms with Crippen LogP contribution < -0.4 is 5.32 Å². The number of aryl methyl sites for hydroxylation is 1. The summed E-state index contributed by atoms with van der Waals surface area (Å²) in [6, 6.07) is 5.13. The Hall–Kier alpha value is -2.71. The largest absolute Gasteiger partial charge is 0.386 e. The van der Waals surface area contributed by atoms with Crippen molar-refractivity contribution in [2.24, 2.45) is 0 Å². The molecule has 2 N–H and O–H groups in total. The summed E-state index contributed by atoms with van der Waals surface area (Å²) in [5.74, 6) is -0.402. The summed E-state index contributed by atoms with van der Waals surface area (Å²) in [5.41, 5.74) is 3.54. The molecule has 2 heterocycles. The first kappa shape index (κ1) is 17.1. The number of aliphatic hydroxyl groups excluding tert-OH is 1. The number of rotatable bonds is 5. The summed E-state index contributed by atoms with van der Waals surface area (Å²) in [7, 11) is 0. The minimum absolute atomic E-state index is 0.100. The molecule has 0 spiro atoms. The number of hydrogen-bond donors (Lipinski definition) is 2. The first-order chi connectivity index (χ1) is 12.0. The normalized spacial score (nSPS) is 12.0. The number of hydrogen-bond acceptors (Lipinski definition) is 6. The van der Waals surface area contributed by atoms with E-state index < -0.39 is 11.9 Å². The van der Waals surface area contributed by atoms with Crippen molar-refractivity contribution in [2.75, 3.05) is 6.54 Å². The molecule has 0 aliphatic rings. The van der Waals surface area contributed by atoms with E-state index in [0.29, 0.717) is 21.8 Å². The van der Waals surface area contributed by atoms with Gasteiger partial charge in [-0.2, -0.15) is 0 Å². The fourth-order valence-electron chi connectivity index (χ4n) is 2.29. The number of carbonyl (C=O) groups excluding carboxylic acids is 1.